The van der Waals surface area contributed by atoms with E-state index < -0.39 is 6.10 Å². The third kappa shape index (κ3) is 4.46. The first-order valence-electron chi connectivity index (χ1n) is 5.73. The standard InChI is InChI=1S/C12H15N3O3S/c1-8-14-15-12(18-8)19-7-10(16)6-17-11-4-2-9(13)3-5-11/h2-5,10,16H,6-7,13H2,1H3. The van der Waals surface area contributed by atoms with Crippen molar-refractivity contribution in [3.05, 3.63) is 30.2 Å². The first-order valence-corrected chi connectivity index (χ1v) is 6.71. The monoisotopic (exact) mass is 281 g/mol. The third-order valence-electron chi connectivity index (χ3n) is 2.23. The number of aliphatic hydroxyl groups is 1. The summed E-state index contributed by atoms with van der Waals surface area (Å²) < 4.78 is 10.6. The van der Waals surface area contributed by atoms with E-state index in [9.17, 15) is 5.11 Å². The molecule has 0 aliphatic carbocycles. The Morgan fingerprint density at radius 1 is 1.37 bits per heavy atom. The number of aliphatic hydroxyl groups excluding tert-OH is 1. The molecule has 1 heterocycles. The molecular formula is C12H15N3O3S. The summed E-state index contributed by atoms with van der Waals surface area (Å²) in [5.41, 5.74) is 6.24. The van der Waals surface area contributed by atoms with Crippen molar-refractivity contribution >= 4 is 17.4 Å². The Morgan fingerprint density at radius 2 is 2.11 bits per heavy atom. The van der Waals surface area contributed by atoms with Crippen LogP contribution in [0.3, 0.4) is 0 Å². The molecule has 3 N–H and O–H groups in total. The molecule has 1 atom stereocenters. The molecule has 102 valence electrons. The summed E-state index contributed by atoms with van der Waals surface area (Å²) in [6.45, 7) is 1.92. The number of aromatic nitrogens is 2. The number of nitrogens with two attached hydrogens (primary N) is 1. The molecule has 0 radical (unpaired) electrons. The summed E-state index contributed by atoms with van der Waals surface area (Å²) in [7, 11) is 0. The van der Waals surface area contributed by atoms with Gasteiger partial charge in [0, 0.05) is 18.4 Å². The van der Waals surface area contributed by atoms with E-state index in [-0.39, 0.29) is 6.61 Å². The molecule has 1 aromatic carbocycles. The Bertz CT molecular complexity index is 515. The van der Waals surface area contributed by atoms with Crippen molar-refractivity contribution in [1.29, 1.82) is 0 Å². The Hall–Kier alpha value is -1.73. The number of thioether (sulfide) groups is 1. The maximum Gasteiger partial charge on any atom is 0.276 e. The van der Waals surface area contributed by atoms with Crippen molar-refractivity contribution in [2.75, 3.05) is 18.1 Å². The Balaban J connectivity index is 1.72. The van der Waals surface area contributed by atoms with Crippen LogP contribution in [0.25, 0.3) is 0 Å². The number of hydrogen-bond acceptors (Lipinski definition) is 7. The lowest BCUT2D eigenvalue weighted by Crippen LogP contribution is -2.20. The quantitative estimate of drug-likeness (QED) is 0.612. The lowest BCUT2D eigenvalue weighted by Gasteiger charge is -2.11. The lowest BCUT2D eigenvalue weighted by molar-refractivity contribution is 0.126. The van der Waals surface area contributed by atoms with Crippen molar-refractivity contribution in [1.82, 2.24) is 10.2 Å². The molecule has 7 heteroatoms. The first kappa shape index (κ1) is 13.7. The first-order chi connectivity index (χ1) is 9.13. The summed E-state index contributed by atoms with van der Waals surface area (Å²) >= 11 is 1.30. The molecular weight excluding hydrogens is 266 g/mol. The number of nitrogen functional groups attached to an aromatic ring is 1. The number of ether oxygens (including phenoxy) is 1. The van der Waals surface area contributed by atoms with E-state index in [1.807, 2.05) is 0 Å². The summed E-state index contributed by atoms with van der Waals surface area (Å²) in [4.78, 5) is 0. The second-order valence-corrected chi connectivity index (χ2v) is 4.90. The van der Waals surface area contributed by atoms with E-state index in [0.29, 0.717) is 28.3 Å². The predicted molar refractivity (Wildman–Crippen MR) is 72.1 cm³/mol. The fourth-order valence-electron chi connectivity index (χ4n) is 1.31. The van der Waals surface area contributed by atoms with Gasteiger partial charge in [0.25, 0.3) is 5.22 Å². The Morgan fingerprint density at radius 3 is 2.74 bits per heavy atom. The van der Waals surface area contributed by atoms with Gasteiger partial charge in [0.15, 0.2) is 0 Å². The van der Waals surface area contributed by atoms with Gasteiger partial charge in [-0.3, -0.25) is 0 Å². The molecule has 0 saturated heterocycles. The lowest BCUT2D eigenvalue weighted by atomic mass is 10.3. The molecule has 0 amide bonds. The van der Waals surface area contributed by atoms with E-state index in [1.165, 1.54) is 11.8 Å². The molecule has 1 unspecified atom stereocenters. The Kier molecular flexibility index (Phi) is 4.64. The predicted octanol–water partition coefficient (Wildman–Crippen LogP) is 1.49. The van der Waals surface area contributed by atoms with Crippen molar-refractivity contribution in [3.63, 3.8) is 0 Å². The summed E-state index contributed by atoms with van der Waals surface area (Å²) in [6, 6.07) is 7.02. The topological polar surface area (TPSA) is 94.4 Å². The van der Waals surface area contributed by atoms with Gasteiger partial charge in [-0.1, -0.05) is 11.8 Å². The van der Waals surface area contributed by atoms with Gasteiger partial charge in [0.1, 0.15) is 12.4 Å². The molecule has 0 fully saturated rings. The molecule has 0 aliphatic heterocycles. The zero-order chi connectivity index (χ0) is 13.7. The molecule has 0 bridgehead atoms. The van der Waals surface area contributed by atoms with Gasteiger partial charge >= 0.3 is 0 Å². The number of benzene rings is 1. The average Bonchev–Trinajstić information content (AvgIpc) is 2.81. The minimum absolute atomic E-state index is 0.198. The molecule has 19 heavy (non-hydrogen) atoms. The van der Waals surface area contributed by atoms with Crippen LogP contribution in [0, 0.1) is 6.92 Å². The van der Waals surface area contributed by atoms with Gasteiger partial charge in [0.05, 0.1) is 6.10 Å². The van der Waals surface area contributed by atoms with Gasteiger partial charge in [-0.15, -0.1) is 10.2 Å². The summed E-state index contributed by atoms with van der Waals surface area (Å²) in [5, 5.41) is 17.8. The highest BCUT2D eigenvalue weighted by Gasteiger charge is 2.09. The SMILES string of the molecule is Cc1nnc(SCC(O)COc2ccc(N)cc2)o1. The number of hydrogen-bond donors (Lipinski definition) is 2. The molecule has 2 rings (SSSR count). The smallest absolute Gasteiger partial charge is 0.276 e. The molecule has 1 aromatic heterocycles. The highest BCUT2D eigenvalue weighted by Crippen LogP contribution is 2.18. The highest BCUT2D eigenvalue weighted by molar-refractivity contribution is 7.99. The largest absolute Gasteiger partial charge is 0.491 e. The summed E-state index contributed by atoms with van der Waals surface area (Å²) in [5.74, 6) is 1.61. The minimum atomic E-state index is -0.616. The average molecular weight is 281 g/mol. The number of nitrogens with zero attached hydrogens (tertiary/aromatic N) is 2. The van der Waals surface area contributed by atoms with Crippen molar-refractivity contribution in [2.45, 2.75) is 18.3 Å². The van der Waals surface area contributed by atoms with Crippen LogP contribution in [0.4, 0.5) is 5.69 Å². The van der Waals surface area contributed by atoms with Crippen LogP contribution in [0.2, 0.25) is 0 Å². The van der Waals surface area contributed by atoms with Gasteiger partial charge in [-0.2, -0.15) is 0 Å². The summed E-state index contributed by atoms with van der Waals surface area (Å²) in [6.07, 6.45) is -0.616. The van der Waals surface area contributed by atoms with Gasteiger partial charge < -0.3 is 20.0 Å². The normalized spacial score (nSPS) is 12.3. The molecule has 0 spiro atoms. The number of anilines is 1. The molecule has 2 aromatic rings. The second kappa shape index (κ2) is 6.44. The Labute approximate surface area is 115 Å². The maximum atomic E-state index is 9.77. The third-order valence-corrected chi connectivity index (χ3v) is 3.19. The van der Waals surface area contributed by atoms with Gasteiger partial charge in [-0.05, 0) is 24.3 Å². The fourth-order valence-corrected chi connectivity index (χ4v) is 2.02. The molecule has 6 nitrogen and oxygen atoms in total. The van der Waals surface area contributed by atoms with Crippen molar-refractivity contribution in [3.8, 4) is 5.75 Å². The highest BCUT2D eigenvalue weighted by atomic mass is 32.2. The molecule has 0 aliphatic rings. The van der Waals surface area contributed by atoms with E-state index >= 15 is 0 Å². The maximum absolute atomic E-state index is 9.77. The second-order valence-electron chi connectivity index (χ2n) is 3.93. The van der Waals surface area contributed by atoms with Crippen LogP contribution < -0.4 is 10.5 Å². The van der Waals surface area contributed by atoms with Crippen LogP contribution in [0.5, 0.6) is 5.75 Å². The van der Waals surface area contributed by atoms with E-state index in [4.69, 9.17) is 14.9 Å². The van der Waals surface area contributed by atoms with Crippen molar-refractivity contribution < 1.29 is 14.3 Å². The molecule has 0 saturated carbocycles. The van der Waals surface area contributed by atoms with Gasteiger partial charge in [0.2, 0.25) is 5.89 Å². The zero-order valence-corrected chi connectivity index (χ0v) is 11.3. The minimum Gasteiger partial charge on any atom is -0.491 e. The van der Waals surface area contributed by atoms with Crippen LogP contribution in [-0.4, -0.2) is 33.8 Å². The van der Waals surface area contributed by atoms with Crippen LogP contribution >= 0.6 is 11.8 Å². The van der Waals surface area contributed by atoms with Crippen molar-refractivity contribution in [2.24, 2.45) is 0 Å². The number of aryl methyl sites for hydroxylation is 1. The van der Waals surface area contributed by atoms with E-state index in [0.717, 1.165) is 0 Å². The van der Waals surface area contributed by atoms with E-state index in [2.05, 4.69) is 10.2 Å². The van der Waals surface area contributed by atoms with Gasteiger partial charge in [-0.25, -0.2) is 0 Å². The number of rotatable bonds is 6. The van der Waals surface area contributed by atoms with E-state index in [1.54, 1.807) is 31.2 Å². The van der Waals surface area contributed by atoms with Crippen LogP contribution in [-0.2, 0) is 0 Å². The fraction of sp³-hybridized carbons (Fsp3) is 0.333. The van der Waals surface area contributed by atoms with Crippen LogP contribution in [0.15, 0.2) is 33.9 Å². The zero-order valence-electron chi connectivity index (χ0n) is 10.4. The van der Waals surface area contributed by atoms with Crippen LogP contribution in [0.1, 0.15) is 5.89 Å².